The average molecular weight is 597 g/mol. The van der Waals surface area contributed by atoms with Gasteiger partial charge < -0.3 is 14.7 Å². The van der Waals surface area contributed by atoms with Gasteiger partial charge in [-0.15, -0.1) is 11.8 Å². The first-order valence-corrected chi connectivity index (χ1v) is 15.5. The van der Waals surface area contributed by atoms with Gasteiger partial charge in [-0.3, -0.25) is 9.79 Å². The third-order valence-corrected chi connectivity index (χ3v) is 9.34. The number of esters is 1. The van der Waals surface area contributed by atoms with E-state index >= 15 is 0 Å². The zero-order valence-corrected chi connectivity index (χ0v) is 26.7. The third kappa shape index (κ3) is 5.87. The van der Waals surface area contributed by atoms with Gasteiger partial charge >= 0.3 is 5.97 Å². The van der Waals surface area contributed by atoms with Gasteiger partial charge in [-0.1, -0.05) is 102 Å². The lowest BCUT2D eigenvalue weighted by atomic mass is 9.78. The van der Waals surface area contributed by atoms with Crippen LogP contribution in [0, 0.1) is 0 Å². The summed E-state index contributed by atoms with van der Waals surface area (Å²) in [5.41, 5.74) is 2.58. The quantitative estimate of drug-likeness (QED) is 0.184. The van der Waals surface area contributed by atoms with Crippen molar-refractivity contribution in [2.75, 3.05) is 0 Å². The molecule has 7 heteroatoms. The van der Waals surface area contributed by atoms with Gasteiger partial charge in [0.2, 0.25) is 0 Å². The molecular weight excluding hydrogens is 556 g/mol. The molecule has 6 nitrogen and oxygen atoms in total. The molecule has 0 saturated carbocycles. The Labute approximate surface area is 258 Å². The minimum atomic E-state index is -1.05. The predicted molar refractivity (Wildman–Crippen MR) is 173 cm³/mol. The lowest BCUT2D eigenvalue weighted by Gasteiger charge is -2.54. The number of carbonyl (C=O) groups is 2. The number of thioether (sulfide) groups is 1. The first-order valence-electron chi connectivity index (χ1n) is 14.6. The monoisotopic (exact) mass is 596 g/mol. The third-order valence-electron chi connectivity index (χ3n) is 8.08. The summed E-state index contributed by atoms with van der Waals surface area (Å²) in [6.07, 6.45) is 2.86. The van der Waals surface area contributed by atoms with E-state index in [0.29, 0.717) is 5.75 Å². The second kappa shape index (κ2) is 11.3. The number of aromatic hydroxyl groups is 1. The molecule has 224 valence electrons. The van der Waals surface area contributed by atoms with Crippen LogP contribution < -0.4 is 0 Å². The van der Waals surface area contributed by atoms with E-state index in [1.165, 1.54) is 11.8 Å². The summed E-state index contributed by atoms with van der Waals surface area (Å²) >= 11 is 1.47. The Balaban J connectivity index is 1.40. The molecule has 1 fully saturated rings. The van der Waals surface area contributed by atoms with E-state index in [1.807, 2.05) is 85.1 Å². The molecule has 1 N–H and O–H groups in total. The van der Waals surface area contributed by atoms with E-state index in [0.717, 1.165) is 27.8 Å². The molecule has 43 heavy (non-hydrogen) atoms. The number of fused-ring (bicyclic) bond motifs is 1. The van der Waals surface area contributed by atoms with Crippen LogP contribution in [-0.2, 0) is 25.2 Å². The fraction of sp³-hybridized carbons (Fsp3) is 0.361. The highest BCUT2D eigenvalue weighted by Gasteiger charge is 2.62. The van der Waals surface area contributed by atoms with Crippen molar-refractivity contribution >= 4 is 29.9 Å². The van der Waals surface area contributed by atoms with Crippen molar-refractivity contribution in [1.82, 2.24) is 4.90 Å². The van der Waals surface area contributed by atoms with Crippen LogP contribution in [0.25, 0.3) is 0 Å². The van der Waals surface area contributed by atoms with Crippen molar-refractivity contribution < 1.29 is 19.4 Å². The highest BCUT2D eigenvalue weighted by molar-refractivity contribution is 8.03. The number of aliphatic imine (C=N–C) groups is 1. The number of benzene rings is 3. The van der Waals surface area contributed by atoms with Crippen LogP contribution >= 0.6 is 11.8 Å². The molecule has 3 aromatic carbocycles. The van der Waals surface area contributed by atoms with Gasteiger partial charge in [0.25, 0.3) is 5.91 Å². The van der Waals surface area contributed by atoms with Gasteiger partial charge in [-0.25, -0.2) is 4.79 Å². The molecule has 3 atom stereocenters. The lowest BCUT2D eigenvalue weighted by molar-refractivity contribution is -0.167. The minimum Gasteiger partial charge on any atom is -0.507 e. The first kappa shape index (κ1) is 30.6. The Morgan fingerprint density at radius 2 is 1.47 bits per heavy atom. The summed E-state index contributed by atoms with van der Waals surface area (Å²) in [6, 6.07) is 22.3. The van der Waals surface area contributed by atoms with E-state index in [9.17, 15) is 14.7 Å². The summed E-state index contributed by atoms with van der Waals surface area (Å²) in [6.45, 7) is 14.2. The van der Waals surface area contributed by atoms with Crippen molar-refractivity contribution in [2.45, 2.75) is 82.4 Å². The highest BCUT2D eigenvalue weighted by atomic mass is 32.2. The summed E-state index contributed by atoms with van der Waals surface area (Å²) in [7, 11) is 0. The molecule has 0 bridgehead atoms. The van der Waals surface area contributed by atoms with Crippen LogP contribution in [0.3, 0.4) is 0 Å². The van der Waals surface area contributed by atoms with Gasteiger partial charge in [-0.05, 0) is 58.1 Å². The largest absolute Gasteiger partial charge is 0.507 e. The van der Waals surface area contributed by atoms with Gasteiger partial charge in [0.15, 0.2) is 11.6 Å². The van der Waals surface area contributed by atoms with Crippen LogP contribution in [0.2, 0.25) is 0 Å². The molecule has 0 spiro atoms. The molecule has 0 aliphatic carbocycles. The molecule has 2 heterocycles. The lowest BCUT2D eigenvalue weighted by Crippen LogP contribution is -2.74. The van der Waals surface area contributed by atoms with Crippen molar-refractivity contribution in [2.24, 2.45) is 4.99 Å². The topological polar surface area (TPSA) is 79.2 Å². The molecule has 0 radical (unpaired) electrons. The number of hydrogen-bond acceptors (Lipinski definition) is 6. The first-order chi connectivity index (χ1) is 20.2. The SMILES string of the molecule is CC(C)(C)c1cc(C=N[C@]2(C)C(=O)N3C(C(=O)OC(c4ccccc4)c4ccccc4)C=CS[C@@H]32)cc(C(C)(C)C)c1O. The predicted octanol–water partition coefficient (Wildman–Crippen LogP) is 7.30. The maximum Gasteiger partial charge on any atom is 0.333 e. The standard InChI is InChI=1S/C36H40N2O4S/c1-34(2,3)26-20-23(21-27(29(26)39)35(4,5)6)22-37-36(7)32(41)38-28(18-19-43-33(36)38)31(40)42-30(24-14-10-8-11-15-24)25-16-12-9-13-17-25/h8-22,28,30,33,39H,1-7H3/t28?,33-,36-/m1/s1. The number of phenolic OH excluding ortho intramolecular Hbond substituents is 1. The number of nitrogens with zero attached hydrogens (tertiary/aromatic N) is 2. The normalized spacial score (nSPS) is 22.0. The van der Waals surface area contributed by atoms with Crippen molar-refractivity contribution in [3.63, 3.8) is 0 Å². The molecule has 5 rings (SSSR count). The molecule has 1 saturated heterocycles. The number of hydrogen-bond donors (Lipinski definition) is 1. The molecule has 3 aromatic rings. The maximum atomic E-state index is 13.7. The zero-order valence-electron chi connectivity index (χ0n) is 25.9. The van der Waals surface area contributed by atoms with Crippen LogP contribution in [0.4, 0.5) is 0 Å². The number of rotatable bonds is 6. The maximum absolute atomic E-state index is 13.7. The molecule has 2 aliphatic rings. The molecular formula is C36H40N2O4S. The number of ether oxygens (including phenoxy) is 1. The smallest absolute Gasteiger partial charge is 0.333 e. The van der Waals surface area contributed by atoms with Crippen molar-refractivity contribution in [3.8, 4) is 5.75 Å². The molecule has 1 amide bonds. The second-order valence-corrected chi connectivity index (χ2v) is 14.5. The minimum absolute atomic E-state index is 0.227. The molecule has 2 aliphatic heterocycles. The second-order valence-electron chi connectivity index (χ2n) is 13.5. The van der Waals surface area contributed by atoms with E-state index in [-0.39, 0.29) is 22.1 Å². The summed E-state index contributed by atoms with van der Waals surface area (Å²) < 4.78 is 6.11. The van der Waals surface area contributed by atoms with Crippen LogP contribution in [0.5, 0.6) is 5.75 Å². The fourth-order valence-corrected chi connectivity index (χ4v) is 6.77. The molecule has 1 unspecified atom stereocenters. The number of amides is 1. The molecule has 0 aromatic heterocycles. The summed E-state index contributed by atoms with van der Waals surface area (Å²) in [4.78, 5) is 33.7. The van der Waals surface area contributed by atoms with Crippen LogP contribution in [-0.4, -0.2) is 45.1 Å². The van der Waals surface area contributed by atoms with E-state index in [2.05, 4.69) is 41.5 Å². The Hall–Kier alpha value is -3.84. The van der Waals surface area contributed by atoms with Crippen molar-refractivity contribution in [1.29, 1.82) is 0 Å². The van der Waals surface area contributed by atoms with Gasteiger partial charge in [-0.2, -0.15) is 0 Å². The van der Waals surface area contributed by atoms with Crippen LogP contribution in [0.15, 0.2) is 89.3 Å². The summed E-state index contributed by atoms with van der Waals surface area (Å²) in [5, 5.41) is 12.6. The van der Waals surface area contributed by atoms with E-state index in [4.69, 9.17) is 9.73 Å². The van der Waals surface area contributed by atoms with E-state index in [1.54, 1.807) is 17.2 Å². The van der Waals surface area contributed by atoms with Gasteiger partial charge in [0, 0.05) is 17.3 Å². The summed E-state index contributed by atoms with van der Waals surface area (Å²) in [5.74, 6) is -0.413. The van der Waals surface area contributed by atoms with Gasteiger partial charge in [0.1, 0.15) is 17.2 Å². The fourth-order valence-electron chi connectivity index (χ4n) is 5.60. The number of carbonyl (C=O) groups excluding carboxylic acids is 2. The number of phenols is 1. The Morgan fingerprint density at radius 3 is 1.95 bits per heavy atom. The van der Waals surface area contributed by atoms with Crippen LogP contribution in [0.1, 0.15) is 82.4 Å². The van der Waals surface area contributed by atoms with Gasteiger partial charge in [0.05, 0.1) is 0 Å². The van der Waals surface area contributed by atoms with Crippen molar-refractivity contribution in [3.05, 3.63) is 112 Å². The highest BCUT2D eigenvalue weighted by Crippen LogP contribution is 2.47. The van der Waals surface area contributed by atoms with E-state index < -0.39 is 23.7 Å². The number of β-lactam (4-membered cyclic amide) rings is 1. The Bertz CT molecular complexity index is 1500. The zero-order chi connectivity index (χ0) is 31.2. The average Bonchev–Trinajstić information content (AvgIpc) is 2.98. The Morgan fingerprint density at radius 1 is 0.953 bits per heavy atom. The Kier molecular flexibility index (Phi) is 8.07.